The van der Waals surface area contributed by atoms with Crippen LogP contribution < -0.4 is 5.69 Å². The molecule has 0 bridgehead atoms. The molecule has 0 aliphatic heterocycles. The van der Waals surface area contributed by atoms with E-state index in [1.54, 1.807) is 37.3 Å². The highest BCUT2D eigenvalue weighted by Crippen LogP contribution is 2.16. The number of ether oxygens (including phenoxy) is 1. The normalized spacial score (nSPS) is 10.9. The number of fused-ring (bicyclic) bond motifs is 1. The molecule has 1 aromatic carbocycles. The van der Waals surface area contributed by atoms with Crippen molar-refractivity contribution in [2.45, 2.75) is 13.5 Å². The third-order valence-corrected chi connectivity index (χ3v) is 3.70. The molecule has 0 aliphatic rings. The van der Waals surface area contributed by atoms with Gasteiger partial charge in [0.25, 0.3) is 0 Å². The van der Waals surface area contributed by atoms with Crippen LogP contribution in [0.3, 0.4) is 0 Å². The van der Waals surface area contributed by atoms with Crippen molar-refractivity contribution < 1.29 is 9.53 Å². The van der Waals surface area contributed by atoms with E-state index in [4.69, 9.17) is 4.74 Å². The third kappa shape index (κ3) is 2.89. The number of rotatable bonds is 4. The molecule has 7 nitrogen and oxygen atoms in total. The summed E-state index contributed by atoms with van der Waals surface area (Å²) >= 11 is 3.21. The highest BCUT2D eigenvalue weighted by atomic mass is 79.9. The number of esters is 1. The number of aromatic nitrogens is 4. The molecule has 2 heterocycles. The number of hydrogen-bond acceptors (Lipinski definition) is 5. The number of nitrogens with zero attached hydrogens (tertiary/aromatic N) is 4. The van der Waals surface area contributed by atoms with Crippen LogP contribution in [0.5, 0.6) is 0 Å². The molecule has 118 valence electrons. The lowest BCUT2D eigenvalue weighted by molar-refractivity contribution is -0.143. The molecule has 0 fully saturated rings. The van der Waals surface area contributed by atoms with Gasteiger partial charge in [0, 0.05) is 0 Å². The van der Waals surface area contributed by atoms with Crippen LogP contribution in [0.4, 0.5) is 0 Å². The first-order valence-corrected chi connectivity index (χ1v) is 7.76. The Morgan fingerprint density at radius 2 is 1.91 bits per heavy atom. The van der Waals surface area contributed by atoms with Gasteiger partial charge in [0.05, 0.1) is 17.6 Å². The lowest BCUT2D eigenvalue weighted by atomic mass is 10.3. The Kier molecular flexibility index (Phi) is 4.24. The molecule has 3 rings (SSSR count). The van der Waals surface area contributed by atoms with Crippen LogP contribution in [0.2, 0.25) is 0 Å². The second kappa shape index (κ2) is 6.33. The molecule has 8 heteroatoms. The Bertz CT molecular complexity index is 915. The second-order valence-electron chi connectivity index (χ2n) is 4.71. The number of benzene rings is 1. The summed E-state index contributed by atoms with van der Waals surface area (Å²) in [6.45, 7) is 1.84. The number of hydrogen-bond donors (Lipinski definition) is 0. The molecule has 3 aromatic rings. The first kappa shape index (κ1) is 15.4. The molecule has 0 amide bonds. The van der Waals surface area contributed by atoms with Crippen molar-refractivity contribution in [1.82, 2.24) is 19.3 Å². The molecular formula is C15H13BrN4O3. The minimum absolute atomic E-state index is 0.149. The molecule has 0 N–H and O–H groups in total. The van der Waals surface area contributed by atoms with Gasteiger partial charge in [-0.1, -0.05) is 12.1 Å². The van der Waals surface area contributed by atoms with Crippen LogP contribution in [0.15, 0.2) is 45.8 Å². The Labute approximate surface area is 139 Å². The van der Waals surface area contributed by atoms with Gasteiger partial charge in [0.15, 0.2) is 5.82 Å². The fourth-order valence-corrected chi connectivity index (χ4v) is 2.56. The molecule has 0 spiro atoms. The van der Waals surface area contributed by atoms with E-state index >= 15 is 0 Å². The Hall–Kier alpha value is -2.48. The Balaban J connectivity index is 2.19. The molecule has 0 unspecified atom stereocenters. The van der Waals surface area contributed by atoms with Gasteiger partial charge < -0.3 is 4.74 Å². The molecule has 2 aromatic heterocycles. The van der Waals surface area contributed by atoms with E-state index in [2.05, 4.69) is 26.1 Å². The summed E-state index contributed by atoms with van der Waals surface area (Å²) < 4.78 is 8.31. The van der Waals surface area contributed by atoms with E-state index in [1.165, 1.54) is 9.13 Å². The lowest BCUT2D eigenvalue weighted by Crippen LogP contribution is -2.27. The van der Waals surface area contributed by atoms with E-state index in [0.29, 0.717) is 21.5 Å². The van der Waals surface area contributed by atoms with Gasteiger partial charge in [0.2, 0.25) is 0 Å². The van der Waals surface area contributed by atoms with Crippen LogP contribution in [-0.2, 0) is 16.1 Å². The molecule has 0 saturated heterocycles. The zero-order chi connectivity index (χ0) is 16.4. The largest absolute Gasteiger partial charge is 0.465 e. The van der Waals surface area contributed by atoms with Gasteiger partial charge in [-0.05, 0) is 47.1 Å². The van der Waals surface area contributed by atoms with E-state index in [1.807, 2.05) is 6.07 Å². The van der Waals surface area contributed by atoms with Gasteiger partial charge in [-0.15, -0.1) is 10.2 Å². The van der Waals surface area contributed by atoms with Gasteiger partial charge in [0.1, 0.15) is 11.1 Å². The van der Waals surface area contributed by atoms with Gasteiger partial charge in [-0.2, -0.15) is 0 Å². The van der Waals surface area contributed by atoms with E-state index in [0.717, 1.165) is 0 Å². The number of halogens is 1. The number of imidazole rings is 1. The summed E-state index contributed by atoms with van der Waals surface area (Å²) in [5.74, 6) is -0.0728. The Morgan fingerprint density at radius 1 is 1.17 bits per heavy atom. The van der Waals surface area contributed by atoms with Crippen molar-refractivity contribution in [2.75, 3.05) is 6.61 Å². The zero-order valence-electron chi connectivity index (χ0n) is 12.3. The summed E-state index contributed by atoms with van der Waals surface area (Å²) in [5, 5.41) is 7.93. The fourth-order valence-electron chi connectivity index (χ4n) is 2.35. The molecule has 0 aliphatic carbocycles. The Morgan fingerprint density at radius 3 is 2.57 bits per heavy atom. The maximum atomic E-state index is 12.8. The lowest BCUT2D eigenvalue weighted by Gasteiger charge is -2.02. The summed E-state index contributed by atoms with van der Waals surface area (Å²) in [7, 11) is 0. The summed E-state index contributed by atoms with van der Waals surface area (Å²) in [6.07, 6.45) is 0. The molecular weight excluding hydrogens is 364 g/mol. The fraction of sp³-hybridized carbons (Fsp3) is 0.200. The van der Waals surface area contributed by atoms with Crippen molar-refractivity contribution in [3.63, 3.8) is 0 Å². The summed E-state index contributed by atoms with van der Waals surface area (Å²) in [6, 6.07) is 10.6. The quantitative estimate of drug-likeness (QED) is 0.649. The summed E-state index contributed by atoms with van der Waals surface area (Å²) in [4.78, 5) is 24.5. The van der Waals surface area contributed by atoms with Gasteiger partial charge in [-0.25, -0.2) is 9.36 Å². The predicted octanol–water partition coefficient (Wildman–Crippen LogP) is 1.91. The van der Waals surface area contributed by atoms with Crippen LogP contribution in [-0.4, -0.2) is 31.9 Å². The molecule has 0 atom stereocenters. The third-order valence-electron chi connectivity index (χ3n) is 3.28. The topological polar surface area (TPSA) is 79.0 Å². The van der Waals surface area contributed by atoms with Crippen molar-refractivity contribution in [3.05, 3.63) is 51.5 Å². The second-order valence-corrected chi connectivity index (χ2v) is 5.52. The number of para-hydroxylation sites is 2. The monoisotopic (exact) mass is 376 g/mol. The van der Waals surface area contributed by atoms with Crippen LogP contribution in [0.1, 0.15) is 6.92 Å². The molecule has 0 saturated carbocycles. The van der Waals surface area contributed by atoms with Crippen LogP contribution in [0, 0.1) is 0 Å². The minimum atomic E-state index is -0.459. The molecule has 23 heavy (non-hydrogen) atoms. The standard InChI is InChI=1S/C15H13BrN4O3/c1-2-23-14(21)9-19-10-5-3-4-6-11(10)20(15(19)22)13-8-7-12(16)17-18-13/h3-8H,2,9H2,1H3. The van der Waals surface area contributed by atoms with Crippen molar-refractivity contribution in [1.29, 1.82) is 0 Å². The van der Waals surface area contributed by atoms with Crippen molar-refractivity contribution in [3.8, 4) is 5.82 Å². The van der Waals surface area contributed by atoms with Crippen LogP contribution >= 0.6 is 15.9 Å². The van der Waals surface area contributed by atoms with Crippen molar-refractivity contribution in [2.24, 2.45) is 0 Å². The smallest absolute Gasteiger partial charge is 0.335 e. The first-order valence-electron chi connectivity index (χ1n) is 6.97. The first-order chi connectivity index (χ1) is 11.1. The maximum absolute atomic E-state index is 12.8. The highest BCUT2D eigenvalue weighted by molar-refractivity contribution is 9.10. The number of carbonyl (C=O) groups is 1. The average Bonchev–Trinajstić information content (AvgIpc) is 2.81. The van der Waals surface area contributed by atoms with Crippen molar-refractivity contribution >= 4 is 32.9 Å². The SMILES string of the molecule is CCOC(=O)Cn1c(=O)n(-c2ccc(Br)nn2)c2ccccc21. The van der Waals surface area contributed by atoms with Gasteiger partial charge in [-0.3, -0.25) is 9.36 Å². The van der Waals surface area contributed by atoms with E-state index in [-0.39, 0.29) is 18.8 Å². The minimum Gasteiger partial charge on any atom is -0.465 e. The predicted molar refractivity (Wildman–Crippen MR) is 87.5 cm³/mol. The molecule has 0 radical (unpaired) electrons. The number of carbonyl (C=O) groups excluding carboxylic acids is 1. The average molecular weight is 377 g/mol. The summed E-state index contributed by atoms with van der Waals surface area (Å²) in [5.41, 5.74) is 0.921. The maximum Gasteiger partial charge on any atom is 0.335 e. The highest BCUT2D eigenvalue weighted by Gasteiger charge is 2.17. The van der Waals surface area contributed by atoms with E-state index < -0.39 is 5.97 Å². The van der Waals surface area contributed by atoms with E-state index in [9.17, 15) is 9.59 Å². The van der Waals surface area contributed by atoms with Crippen LogP contribution in [0.25, 0.3) is 16.9 Å². The van der Waals surface area contributed by atoms with Gasteiger partial charge >= 0.3 is 11.7 Å². The zero-order valence-corrected chi connectivity index (χ0v) is 13.9.